The van der Waals surface area contributed by atoms with Crippen molar-refractivity contribution in [1.29, 1.82) is 0 Å². The highest BCUT2D eigenvalue weighted by Gasteiger charge is 2.22. The lowest BCUT2D eigenvalue weighted by atomic mass is 9.82. The van der Waals surface area contributed by atoms with Gasteiger partial charge in [0.25, 0.3) is 0 Å². The Kier molecular flexibility index (Phi) is 4.83. The van der Waals surface area contributed by atoms with E-state index in [-0.39, 0.29) is 5.41 Å². The van der Waals surface area contributed by atoms with Crippen LogP contribution in [-0.2, 0) is 11.8 Å². The average Bonchev–Trinajstić information content (AvgIpc) is 3.34. The van der Waals surface area contributed by atoms with Gasteiger partial charge in [0.15, 0.2) is 5.58 Å². The summed E-state index contributed by atoms with van der Waals surface area (Å²) in [6.07, 6.45) is 2.82. The van der Waals surface area contributed by atoms with E-state index in [9.17, 15) is 0 Å². The van der Waals surface area contributed by atoms with E-state index in [0.29, 0.717) is 5.92 Å². The number of aryl methyl sites for hydroxylation is 1. The van der Waals surface area contributed by atoms with Crippen molar-refractivity contribution in [2.24, 2.45) is 5.92 Å². The lowest BCUT2D eigenvalue weighted by Gasteiger charge is -2.22. The Labute approximate surface area is 205 Å². The topological polar surface area (TPSA) is 39.2 Å². The third kappa shape index (κ3) is 3.44. The van der Waals surface area contributed by atoms with E-state index in [2.05, 4.69) is 96.1 Å². The zero-order chi connectivity index (χ0) is 24.5. The van der Waals surface area contributed by atoms with Gasteiger partial charge in [0.2, 0.25) is 0 Å². The minimum absolute atomic E-state index is 0.00424. The lowest BCUT2D eigenvalue weighted by molar-refractivity contribution is 0.496. The van der Waals surface area contributed by atoms with E-state index in [0.717, 1.165) is 56.3 Å². The zero-order valence-corrected chi connectivity index (χ0v) is 21.3. The van der Waals surface area contributed by atoms with Crippen molar-refractivity contribution in [3.8, 4) is 11.3 Å². The van der Waals surface area contributed by atoms with Gasteiger partial charge in [-0.15, -0.1) is 0 Å². The molecule has 0 spiro atoms. The molecule has 0 fully saturated rings. The molecule has 0 amide bonds. The van der Waals surface area contributed by atoms with Crippen molar-refractivity contribution < 1.29 is 8.83 Å². The van der Waals surface area contributed by atoms with E-state index in [4.69, 9.17) is 13.8 Å². The fourth-order valence-electron chi connectivity index (χ4n) is 5.38. The Bertz CT molecular complexity index is 1740. The van der Waals surface area contributed by atoms with Gasteiger partial charge in [-0.3, -0.25) is 4.98 Å². The molecule has 3 heteroatoms. The first-order valence-electron chi connectivity index (χ1n) is 12.5. The Morgan fingerprint density at radius 2 is 1.63 bits per heavy atom. The first-order chi connectivity index (χ1) is 16.7. The van der Waals surface area contributed by atoms with Gasteiger partial charge in [0.05, 0.1) is 5.39 Å². The molecule has 0 saturated heterocycles. The normalized spacial score (nSPS) is 12.7. The van der Waals surface area contributed by atoms with Crippen LogP contribution in [0.5, 0.6) is 0 Å². The fraction of sp³-hybridized carbons (Fsp3) is 0.281. The molecule has 0 aliphatic carbocycles. The predicted octanol–water partition coefficient (Wildman–Crippen LogP) is 9.35. The standard InChI is InChI=1S/C32H31NO2/c1-18(2)15-27-19(3)28-26(34-27)12-11-23-24-13-14-33-29(31(24)35-30(23)28)21-16-20-9-7-8-10-22(20)25(17-21)32(4,5)6/h7-14,16-18H,15H2,1-6H3. The van der Waals surface area contributed by atoms with Crippen LogP contribution in [0.15, 0.2) is 69.6 Å². The molecule has 0 saturated carbocycles. The third-order valence-corrected chi connectivity index (χ3v) is 7.08. The Morgan fingerprint density at radius 1 is 0.857 bits per heavy atom. The first-order valence-corrected chi connectivity index (χ1v) is 12.5. The van der Waals surface area contributed by atoms with E-state index in [1.165, 1.54) is 21.9 Å². The van der Waals surface area contributed by atoms with Crippen LogP contribution in [0.2, 0.25) is 0 Å². The van der Waals surface area contributed by atoms with Crippen molar-refractivity contribution >= 4 is 43.7 Å². The molecule has 0 N–H and O–H groups in total. The number of pyridine rings is 1. The highest BCUT2D eigenvalue weighted by Crippen LogP contribution is 2.42. The van der Waals surface area contributed by atoms with Crippen LogP contribution in [0.3, 0.4) is 0 Å². The van der Waals surface area contributed by atoms with Crippen molar-refractivity contribution in [2.75, 3.05) is 0 Å². The van der Waals surface area contributed by atoms with Crippen LogP contribution in [0.4, 0.5) is 0 Å². The second-order valence-corrected chi connectivity index (χ2v) is 11.2. The summed E-state index contributed by atoms with van der Waals surface area (Å²) >= 11 is 0. The molecule has 35 heavy (non-hydrogen) atoms. The summed E-state index contributed by atoms with van der Waals surface area (Å²) in [6, 6.07) is 19.4. The Balaban J connectivity index is 1.65. The minimum atomic E-state index is 0.00424. The van der Waals surface area contributed by atoms with Gasteiger partial charge in [-0.05, 0) is 64.9 Å². The number of benzene rings is 3. The SMILES string of the molecule is Cc1c(CC(C)C)oc2ccc3c4ccnc(-c5cc(C(C)(C)C)c6ccccc6c5)c4oc3c12. The molecule has 3 heterocycles. The molecule has 3 aromatic heterocycles. The molecule has 0 aliphatic heterocycles. The fourth-order valence-corrected chi connectivity index (χ4v) is 5.38. The second kappa shape index (κ2) is 7.71. The molecule has 0 aliphatic rings. The molecule has 176 valence electrons. The summed E-state index contributed by atoms with van der Waals surface area (Å²) in [4.78, 5) is 4.83. The number of aromatic nitrogens is 1. The number of nitrogens with zero attached hydrogens (tertiary/aromatic N) is 1. The van der Waals surface area contributed by atoms with E-state index >= 15 is 0 Å². The highest BCUT2D eigenvalue weighted by molar-refractivity contribution is 6.17. The molecular formula is C32H31NO2. The van der Waals surface area contributed by atoms with Gasteiger partial charge in [0.1, 0.15) is 22.6 Å². The number of hydrogen-bond acceptors (Lipinski definition) is 3. The van der Waals surface area contributed by atoms with Crippen molar-refractivity contribution in [2.45, 2.75) is 53.4 Å². The van der Waals surface area contributed by atoms with Crippen LogP contribution in [0, 0.1) is 12.8 Å². The number of fused-ring (bicyclic) bond motifs is 6. The van der Waals surface area contributed by atoms with Crippen molar-refractivity contribution in [3.63, 3.8) is 0 Å². The molecule has 0 unspecified atom stereocenters. The van der Waals surface area contributed by atoms with Gasteiger partial charge < -0.3 is 8.83 Å². The lowest BCUT2D eigenvalue weighted by Crippen LogP contribution is -2.12. The summed E-state index contributed by atoms with van der Waals surface area (Å²) in [5.41, 5.74) is 7.06. The highest BCUT2D eigenvalue weighted by atomic mass is 16.3. The number of rotatable bonds is 3. The Morgan fingerprint density at radius 3 is 2.40 bits per heavy atom. The van der Waals surface area contributed by atoms with E-state index < -0.39 is 0 Å². The van der Waals surface area contributed by atoms with Gasteiger partial charge in [-0.25, -0.2) is 0 Å². The molecule has 3 aromatic carbocycles. The summed E-state index contributed by atoms with van der Waals surface area (Å²) in [5, 5.41) is 5.77. The Hall–Kier alpha value is -3.59. The van der Waals surface area contributed by atoms with E-state index in [1.807, 2.05) is 6.20 Å². The molecule has 6 aromatic rings. The number of hydrogen-bond donors (Lipinski definition) is 0. The largest absolute Gasteiger partial charge is 0.461 e. The van der Waals surface area contributed by atoms with Crippen LogP contribution in [0.25, 0.3) is 54.9 Å². The van der Waals surface area contributed by atoms with Gasteiger partial charge >= 0.3 is 0 Å². The average molecular weight is 462 g/mol. The number of furan rings is 2. The smallest absolute Gasteiger partial charge is 0.161 e. The zero-order valence-electron chi connectivity index (χ0n) is 21.3. The molecule has 0 bridgehead atoms. The van der Waals surface area contributed by atoms with Crippen molar-refractivity contribution in [1.82, 2.24) is 4.98 Å². The summed E-state index contributed by atoms with van der Waals surface area (Å²) in [5.74, 6) is 1.58. The quantitative estimate of drug-likeness (QED) is 0.263. The van der Waals surface area contributed by atoms with Crippen LogP contribution < -0.4 is 0 Å². The van der Waals surface area contributed by atoms with Crippen LogP contribution >= 0.6 is 0 Å². The summed E-state index contributed by atoms with van der Waals surface area (Å²) < 4.78 is 12.9. The molecule has 3 nitrogen and oxygen atoms in total. The van der Waals surface area contributed by atoms with Gasteiger partial charge in [0, 0.05) is 34.5 Å². The maximum Gasteiger partial charge on any atom is 0.161 e. The van der Waals surface area contributed by atoms with Gasteiger partial charge in [-0.2, -0.15) is 0 Å². The monoisotopic (exact) mass is 461 g/mol. The minimum Gasteiger partial charge on any atom is -0.461 e. The summed E-state index contributed by atoms with van der Waals surface area (Å²) in [7, 11) is 0. The second-order valence-electron chi connectivity index (χ2n) is 11.2. The predicted molar refractivity (Wildman–Crippen MR) is 146 cm³/mol. The summed E-state index contributed by atoms with van der Waals surface area (Å²) in [6.45, 7) is 13.4. The van der Waals surface area contributed by atoms with Crippen molar-refractivity contribution in [3.05, 3.63) is 77.7 Å². The molecular weight excluding hydrogens is 430 g/mol. The molecule has 0 atom stereocenters. The first kappa shape index (κ1) is 21.9. The van der Waals surface area contributed by atoms with E-state index in [1.54, 1.807) is 0 Å². The molecule has 0 radical (unpaired) electrons. The molecule has 6 rings (SSSR count). The third-order valence-electron chi connectivity index (χ3n) is 7.08. The van der Waals surface area contributed by atoms with Crippen LogP contribution in [-0.4, -0.2) is 4.98 Å². The maximum atomic E-state index is 6.67. The maximum absolute atomic E-state index is 6.67. The van der Waals surface area contributed by atoms with Crippen LogP contribution in [0.1, 0.15) is 51.5 Å². The van der Waals surface area contributed by atoms with Gasteiger partial charge in [-0.1, -0.05) is 58.9 Å².